The van der Waals surface area contributed by atoms with Gasteiger partial charge in [0, 0.05) is 11.8 Å². The number of hydrogen-bond donors (Lipinski definition) is 2. The monoisotopic (exact) mass is 320 g/mol. The van der Waals surface area contributed by atoms with Crippen LogP contribution in [0, 0.1) is 28.6 Å². The van der Waals surface area contributed by atoms with Crippen molar-refractivity contribution in [2.24, 2.45) is 28.6 Å². The summed E-state index contributed by atoms with van der Waals surface area (Å²) >= 11 is 0. The highest BCUT2D eigenvalue weighted by molar-refractivity contribution is 5.85. The van der Waals surface area contributed by atoms with Gasteiger partial charge in [-0.2, -0.15) is 0 Å². The van der Waals surface area contributed by atoms with E-state index in [0.29, 0.717) is 29.6 Å². The molecule has 4 aliphatic carbocycles. The van der Waals surface area contributed by atoms with Crippen molar-refractivity contribution < 1.29 is 20.0 Å². The number of aliphatic hydroxyl groups excluding tert-OH is 1. The SMILES string of the molecule is C[C@@]12CCC[C@H]1[C@@H]1C=C[C@@]3(OO)CC(=O)C(O)C[C@]3(C)[C@H]1CC2. The van der Waals surface area contributed by atoms with E-state index in [9.17, 15) is 15.2 Å². The zero-order chi connectivity index (χ0) is 16.5. The van der Waals surface area contributed by atoms with E-state index in [0.717, 1.165) is 6.42 Å². The number of ketones is 1. The Bertz CT molecular complexity index is 558. The molecule has 0 heterocycles. The van der Waals surface area contributed by atoms with E-state index >= 15 is 0 Å². The molecule has 128 valence electrons. The first-order valence-electron chi connectivity index (χ1n) is 9.08. The van der Waals surface area contributed by atoms with Crippen molar-refractivity contribution in [2.45, 2.75) is 70.5 Å². The number of rotatable bonds is 1. The van der Waals surface area contributed by atoms with Crippen LogP contribution in [-0.4, -0.2) is 27.9 Å². The molecule has 0 radical (unpaired) electrons. The standard InChI is InChI=1S/C19H28O4/c1-17-7-3-4-13(17)12-5-9-19(23-22)11-16(21)15(20)10-18(19,2)14(12)6-8-17/h5,9,12-15,20,22H,3-4,6-8,10-11H2,1-2H3/t12-,13-,14-,15?,17-,18+,19+/m0/s1. The average Bonchev–Trinajstić information content (AvgIpc) is 2.91. The summed E-state index contributed by atoms with van der Waals surface area (Å²) < 4.78 is 0. The second-order valence-electron chi connectivity index (χ2n) is 9.00. The van der Waals surface area contributed by atoms with Gasteiger partial charge in [-0.25, -0.2) is 4.89 Å². The van der Waals surface area contributed by atoms with Gasteiger partial charge in [-0.15, -0.1) is 0 Å². The van der Waals surface area contributed by atoms with E-state index in [2.05, 4.69) is 19.9 Å². The summed E-state index contributed by atoms with van der Waals surface area (Å²) in [5, 5.41) is 19.9. The van der Waals surface area contributed by atoms with E-state index in [-0.39, 0.29) is 12.2 Å². The highest BCUT2D eigenvalue weighted by Crippen LogP contribution is 2.65. The maximum Gasteiger partial charge on any atom is 0.164 e. The van der Waals surface area contributed by atoms with Crippen LogP contribution in [-0.2, 0) is 9.68 Å². The molecular weight excluding hydrogens is 292 g/mol. The molecule has 4 heteroatoms. The van der Waals surface area contributed by atoms with Crippen molar-refractivity contribution in [2.75, 3.05) is 0 Å². The Morgan fingerprint density at radius 2 is 2.00 bits per heavy atom. The maximum absolute atomic E-state index is 12.1. The molecule has 7 atom stereocenters. The first-order valence-corrected chi connectivity index (χ1v) is 9.08. The lowest BCUT2D eigenvalue weighted by molar-refractivity contribution is -0.354. The van der Waals surface area contributed by atoms with Gasteiger partial charge in [0.25, 0.3) is 0 Å². The van der Waals surface area contributed by atoms with Gasteiger partial charge >= 0.3 is 0 Å². The number of allylic oxidation sites excluding steroid dienone is 1. The third-order valence-corrected chi connectivity index (χ3v) is 8.08. The number of carbonyl (C=O) groups is 1. The second kappa shape index (κ2) is 4.90. The maximum atomic E-state index is 12.1. The van der Waals surface area contributed by atoms with E-state index in [1.54, 1.807) is 0 Å². The molecule has 0 saturated heterocycles. The molecule has 3 fully saturated rings. The summed E-state index contributed by atoms with van der Waals surface area (Å²) in [7, 11) is 0. The molecule has 1 unspecified atom stereocenters. The highest BCUT2D eigenvalue weighted by Gasteiger charge is 2.64. The first-order chi connectivity index (χ1) is 10.9. The predicted molar refractivity (Wildman–Crippen MR) is 85.6 cm³/mol. The summed E-state index contributed by atoms with van der Waals surface area (Å²) in [4.78, 5) is 17.0. The van der Waals surface area contributed by atoms with Gasteiger partial charge in [0.1, 0.15) is 11.7 Å². The van der Waals surface area contributed by atoms with Gasteiger partial charge < -0.3 is 5.11 Å². The predicted octanol–water partition coefficient (Wildman–Crippen LogP) is 3.35. The van der Waals surface area contributed by atoms with Gasteiger partial charge in [-0.3, -0.25) is 10.1 Å². The molecule has 0 aromatic carbocycles. The molecule has 4 rings (SSSR count). The summed E-state index contributed by atoms with van der Waals surface area (Å²) in [5.74, 6) is 1.30. The van der Waals surface area contributed by atoms with Crippen LogP contribution in [0.2, 0.25) is 0 Å². The van der Waals surface area contributed by atoms with E-state index in [1.165, 1.54) is 25.7 Å². The number of aliphatic hydroxyl groups is 1. The largest absolute Gasteiger partial charge is 0.385 e. The Morgan fingerprint density at radius 1 is 1.22 bits per heavy atom. The number of fused-ring (bicyclic) bond motifs is 5. The molecule has 4 aliphatic rings. The molecule has 2 N–H and O–H groups in total. The van der Waals surface area contributed by atoms with Crippen LogP contribution < -0.4 is 0 Å². The van der Waals surface area contributed by atoms with Crippen molar-refractivity contribution in [1.82, 2.24) is 0 Å². The summed E-state index contributed by atoms with van der Waals surface area (Å²) in [5.41, 5.74) is -0.916. The molecule has 0 aliphatic heterocycles. The Hall–Kier alpha value is -0.710. The van der Waals surface area contributed by atoms with E-state index in [1.807, 2.05) is 6.08 Å². The molecule has 0 spiro atoms. The third kappa shape index (κ3) is 1.92. The zero-order valence-electron chi connectivity index (χ0n) is 14.1. The van der Waals surface area contributed by atoms with Crippen LogP contribution >= 0.6 is 0 Å². The van der Waals surface area contributed by atoms with Crippen LogP contribution in [0.5, 0.6) is 0 Å². The molecule has 4 nitrogen and oxygen atoms in total. The van der Waals surface area contributed by atoms with Crippen LogP contribution in [0.25, 0.3) is 0 Å². The van der Waals surface area contributed by atoms with Crippen molar-refractivity contribution in [3.05, 3.63) is 12.2 Å². The number of Topliss-reactive ketones (excluding diaryl/α,β-unsaturated/α-hetero) is 1. The van der Waals surface area contributed by atoms with Gasteiger partial charge in [-0.05, 0) is 55.3 Å². The van der Waals surface area contributed by atoms with E-state index < -0.39 is 17.1 Å². The molecule has 0 amide bonds. The van der Waals surface area contributed by atoms with Gasteiger partial charge in [-0.1, -0.05) is 32.4 Å². The minimum absolute atomic E-state index is 0.0722. The third-order valence-electron chi connectivity index (χ3n) is 8.08. The minimum atomic E-state index is -0.961. The minimum Gasteiger partial charge on any atom is -0.385 e. The molecule has 3 saturated carbocycles. The van der Waals surface area contributed by atoms with Crippen molar-refractivity contribution in [3.8, 4) is 0 Å². The normalized spacial score (nSPS) is 55.2. The van der Waals surface area contributed by atoms with Crippen LogP contribution in [0.15, 0.2) is 12.2 Å². The molecule has 23 heavy (non-hydrogen) atoms. The fraction of sp³-hybridized carbons (Fsp3) is 0.842. The zero-order valence-corrected chi connectivity index (χ0v) is 14.1. The van der Waals surface area contributed by atoms with Crippen LogP contribution in [0.1, 0.15) is 58.8 Å². The van der Waals surface area contributed by atoms with Crippen LogP contribution in [0.4, 0.5) is 0 Å². The second-order valence-corrected chi connectivity index (χ2v) is 9.00. The topological polar surface area (TPSA) is 66.8 Å². The highest BCUT2D eigenvalue weighted by atomic mass is 17.1. The Balaban J connectivity index is 1.78. The number of carbonyl (C=O) groups excluding carboxylic acids is 1. The lowest BCUT2D eigenvalue weighted by Gasteiger charge is -2.60. The van der Waals surface area contributed by atoms with Gasteiger partial charge in [0.05, 0.1) is 0 Å². The first kappa shape index (κ1) is 15.8. The van der Waals surface area contributed by atoms with Crippen molar-refractivity contribution in [3.63, 3.8) is 0 Å². The Morgan fingerprint density at radius 3 is 2.74 bits per heavy atom. The Labute approximate surface area is 137 Å². The quantitative estimate of drug-likeness (QED) is 0.442. The molecular formula is C19H28O4. The summed E-state index contributed by atoms with van der Waals surface area (Å²) in [6.45, 7) is 4.54. The summed E-state index contributed by atoms with van der Waals surface area (Å²) in [6, 6.07) is 0. The molecule has 0 aromatic heterocycles. The summed E-state index contributed by atoms with van der Waals surface area (Å²) in [6.07, 6.45) is 9.89. The molecule has 0 bridgehead atoms. The van der Waals surface area contributed by atoms with Gasteiger partial charge in [0.2, 0.25) is 0 Å². The number of hydrogen-bond acceptors (Lipinski definition) is 4. The van der Waals surface area contributed by atoms with Crippen LogP contribution in [0.3, 0.4) is 0 Å². The van der Waals surface area contributed by atoms with Crippen molar-refractivity contribution in [1.29, 1.82) is 0 Å². The fourth-order valence-corrected chi connectivity index (χ4v) is 6.61. The Kier molecular flexibility index (Phi) is 3.37. The van der Waals surface area contributed by atoms with Gasteiger partial charge in [0.15, 0.2) is 5.78 Å². The lowest BCUT2D eigenvalue weighted by Crippen LogP contribution is -2.63. The fourth-order valence-electron chi connectivity index (χ4n) is 6.61. The molecule has 0 aromatic rings. The average molecular weight is 320 g/mol. The lowest BCUT2D eigenvalue weighted by atomic mass is 9.45. The smallest absolute Gasteiger partial charge is 0.164 e. The van der Waals surface area contributed by atoms with E-state index in [4.69, 9.17) is 4.89 Å². The van der Waals surface area contributed by atoms with Crippen molar-refractivity contribution >= 4 is 5.78 Å².